The summed E-state index contributed by atoms with van der Waals surface area (Å²) in [6.45, 7) is 16.9. The van der Waals surface area contributed by atoms with Gasteiger partial charge in [-0.05, 0) is 64.1 Å². The molecule has 35 heavy (non-hydrogen) atoms. The monoisotopic (exact) mass is 510 g/mol. The van der Waals surface area contributed by atoms with E-state index in [-0.39, 0.29) is 47.1 Å². The summed E-state index contributed by atoms with van der Waals surface area (Å²) < 4.78 is 23.7. The predicted molar refractivity (Wildman–Crippen MR) is 144 cm³/mol. The van der Waals surface area contributed by atoms with Gasteiger partial charge in [0, 0.05) is 25.5 Å². The van der Waals surface area contributed by atoms with Gasteiger partial charge in [-0.2, -0.15) is 0 Å². The van der Waals surface area contributed by atoms with E-state index in [1.165, 1.54) is 13.2 Å². The minimum atomic E-state index is -1.98. The van der Waals surface area contributed by atoms with E-state index in [1.54, 1.807) is 20.1 Å². The SMILES string of the molecule is COC(=O)/C=C/C(C)=C/C[C@@H](C[C@@H]1CCC[C@@H](C[C@H](OC)[C@@H](C)C(C)=O)O1)O[Si](C)(C)C(C)(C)C. The van der Waals surface area contributed by atoms with Crippen LogP contribution < -0.4 is 0 Å². The third kappa shape index (κ3) is 11.1. The topological polar surface area (TPSA) is 71.1 Å². The van der Waals surface area contributed by atoms with Crippen molar-refractivity contribution in [3.05, 3.63) is 23.8 Å². The Balaban J connectivity index is 2.93. The summed E-state index contributed by atoms with van der Waals surface area (Å²) in [5.74, 6) is -0.345. The molecule has 1 aliphatic heterocycles. The number of ketones is 1. The van der Waals surface area contributed by atoms with Gasteiger partial charge in [-0.15, -0.1) is 0 Å². The van der Waals surface area contributed by atoms with Crippen molar-refractivity contribution in [3.8, 4) is 0 Å². The van der Waals surface area contributed by atoms with E-state index in [0.717, 1.165) is 44.1 Å². The molecule has 5 atom stereocenters. The van der Waals surface area contributed by atoms with Crippen molar-refractivity contribution >= 4 is 20.1 Å². The van der Waals surface area contributed by atoms with Gasteiger partial charge in [0.25, 0.3) is 0 Å². The van der Waals surface area contributed by atoms with Crippen LogP contribution in [0.1, 0.15) is 80.1 Å². The highest BCUT2D eigenvalue weighted by atomic mass is 28.4. The summed E-state index contributed by atoms with van der Waals surface area (Å²) in [4.78, 5) is 23.3. The van der Waals surface area contributed by atoms with Crippen LogP contribution in [-0.2, 0) is 28.2 Å². The van der Waals surface area contributed by atoms with Crippen molar-refractivity contribution in [3.63, 3.8) is 0 Å². The van der Waals surface area contributed by atoms with E-state index in [4.69, 9.17) is 13.9 Å². The van der Waals surface area contributed by atoms with Crippen LogP contribution in [0.5, 0.6) is 0 Å². The second-order valence-electron chi connectivity index (χ2n) is 11.5. The van der Waals surface area contributed by atoms with Crippen molar-refractivity contribution in [1.82, 2.24) is 0 Å². The van der Waals surface area contributed by atoms with E-state index in [1.807, 2.05) is 13.8 Å². The lowest BCUT2D eigenvalue weighted by Gasteiger charge is -2.41. The van der Waals surface area contributed by atoms with Gasteiger partial charge >= 0.3 is 5.97 Å². The molecule has 1 fully saturated rings. The summed E-state index contributed by atoms with van der Waals surface area (Å²) in [6.07, 6.45) is 10.9. The van der Waals surface area contributed by atoms with Crippen LogP contribution in [-0.4, -0.2) is 58.7 Å². The van der Waals surface area contributed by atoms with E-state index in [2.05, 4.69) is 44.7 Å². The fourth-order valence-electron chi connectivity index (χ4n) is 4.09. The molecule has 7 heteroatoms. The minimum Gasteiger partial charge on any atom is -0.466 e. The maximum Gasteiger partial charge on any atom is 0.330 e. The molecule has 0 unspecified atom stereocenters. The molecule has 6 nitrogen and oxygen atoms in total. The van der Waals surface area contributed by atoms with E-state index in [0.29, 0.717) is 0 Å². The van der Waals surface area contributed by atoms with Gasteiger partial charge in [0.2, 0.25) is 0 Å². The van der Waals surface area contributed by atoms with Crippen molar-refractivity contribution in [1.29, 1.82) is 0 Å². The summed E-state index contributed by atoms with van der Waals surface area (Å²) in [6, 6.07) is 0. The number of hydrogen-bond donors (Lipinski definition) is 0. The molecule has 0 aromatic heterocycles. The standard InChI is InChI=1S/C28H50O6Si/c1-20(15-17-27(30)32-8)14-16-25(34-35(9,10)28(4,5)6)18-23-12-11-13-24(33-23)19-26(31-7)21(2)22(3)29/h14-15,17,21,23-26H,11-13,16,18-19H2,1-10H3/b17-15+,20-14+/t21-,23-,24-,25-,26-/m0/s1. The Labute approximate surface area is 214 Å². The zero-order valence-electron chi connectivity index (χ0n) is 23.8. The predicted octanol–water partition coefficient (Wildman–Crippen LogP) is 6.40. The number of allylic oxidation sites excluding steroid dienone is 2. The first kappa shape index (κ1) is 31.7. The highest BCUT2D eigenvalue weighted by Gasteiger charge is 2.40. The zero-order chi connectivity index (χ0) is 26.8. The number of esters is 1. The number of methoxy groups -OCH3 is 2. The van der Waals surface area contributed by atoms with Gasteiger partial charge in [0.1, 0.15) is 5.78 Å². The molecule has 0 spiro atoms. The Kier molecular flexibility index (Phi) is 13.1. The highest BCUT2D eigenvalue weighted by molar-refractivity contribution is 6.74. The average molecular weight is 511 g/mol. The van der Waals surface area contributed by atoms with Crippen LogP contribution in [0.4, 0.5) is 0 Å². The summed E-state index contributed by atoms with van der Waals surface area (Å²) in [5.41, 5.74) is 1.00. The van der Waals surface area contributed by atoms with Crippen molar-refractivity contribution in [2.45, 2.75) is 123 Å². The van der Waals surface area contributed by atoms with E-state index in [9.17, 15) is 9.59 Å². The van der Waals surface area contributed by atoms with Gasteiger partial charge in [-0.1, -0.05) is 45.4 Å². The third-order valence-corrected chi connectivity index (χ3v) is 12.1. The van der Waals surface area contributed by atoms with Gasteiger partial charge in [0.15, 0.2) is 8.32 Å². The fourth-order valence-corrected chi connectivity index (χ4v) is 5.46. The lowest BCUT2D eigenvalue weighted by molar-refractivity contribution is -0.134. The second-order valence-corrected chi connectivity index (χ2v) is 16.3. The Hall–Kier alpha value is -1.28. The number of hydrogen-bond acceptors (Lipinski definition) is 6. The molecule has 1 aliphatic rings. The molecular formula is C28H50O6Si. The van der Waals surface area contributed by atoms with Crippen LogP contribution in [0, 0.1) is 5.92 Å². The number of Topliss-reactive ketones (excluding diaryl/α,β-unsaturated/α-hetero) is 1. The maximum absolute atomic E-state index is 11.9. The second kappa shape index (κ2) is 14.5. The lowest BCUT2D eigenvalue weighted by Crippen LogP contribution is -2.45. The molecular weight excluding hydrogens is 460 g/mol. The molecule has 1 heterocycles. The molecule has 202 valence electrons. The Morgan fingerprint density at radius 2 is 1.66 bits per heavy atom. The Bertz CT molecular complexity index is 736. The normalized spacial score (nSPS) is 22.6. The average Bonchev–Trinajstić information content (AvgIpc) is 2.78. The molecule has 0 aliphatic carbocycles. The molecule has 1 rings (SSSR count). The molecule has 0 N–H and O–H groups in total. The minimum absolute atomic E-state index is 0.0375. The number of ether oxygens (including phenoxy) is 3. The quantitative estimate of drug-likeness (QED) is 0.124. The van der Waals surface area contributed by atoms with Crippen LogP contribution in [0.15, 0.2) is 23.8 Å². The van der Waals surface area contributed by atoms with Gasteiger partial charge in [0.05, 0.1) is 31.5 Å². The first-order valence-electron chi connectivity index (χ1n) is 13.0. The van der Waals surface area contributed by atoms with Crippen LogP contribution in [0.2, 0.25) is 18.1 Å². The lowest BCUT2D eigenvalue weighted by atomic mass is 9.91. The van der Waals surface area contributed by atoms with Crippen molar-refractivity contribution < 1.29 is 28.2 Å². The molecule has 0 saturated carbocycles. The van der Waals surface area contributed by atoms with Gasteiger partial charge in [-0.25, -0.2) is 4.79 Å². The molecule has 1 saturated heterocycles. The highest BCUT2D eigenvalue weighted by Crippen LogP contribution is 2.39. The fraction of sp³-hybridized carbons (Fsp3) is 0.786. The summed E-state index contributed by atoms with van der Waals surface area (Å²) in [5, 5.41) is 0.110. The summed E-state index contributed by atoms with van der Waals surface area (Å²) in [7, 11) is 1.08. The Morgan fingerprint density at radius 1 is 1.06 bits per heavy atom. The molecule has 0 amide bonds. The smallest absolute Gasteiger partial charge is 0.330 e. The number of carbonyl (C=O) groups excluding carboxylic acids is 2. The van der Waals surface area contributed by atoms with Gasteiger partial charge < -0.3 is 18.6 Å². The zero-order valence-corrected chi connectivity index (χ0v) is 24.8. The third-order valence-electron chi connectivity index (χ3n) is 7.61. The van der Waals surface area contributed by atoms with E-state index < -0.39 is 8.32 Å². The van der Waals surface area contributed by atoms with Crippen molar-refractivity contribution in [2.75, 3.05) is 14.2 Å². The molecule has 0 aromatic rings. The first-order chi connectivity index (χ1) is 16.2. The molecule has 0 aromatic carbocycles. The molecule has 0 bridgehead atoms. The van der Waals surface area contributed by atoms with Crippen molar-refractivity contribution in [2.24, 2.45) is 5.92 Å². The van der Waals surface area contributed by atoms with Crippen LogP contribution >= 0.6 is 0 Å². The Morgan fingerprint density at radius 3 is 2.17 bits per heavy atom. The van der Waals surface area contributed by atoms with Crippen LogP contribution in [0.3, 0.4) is 0 Å². The van der Waals surface area contributed by atoms with Crippen LogP contribution in [0.25, 0.3) is 0 Å². The maximum atomic E-state index is 11.9. The first-order valence-corrected chi connectivity index (χ1v) is 15.9. The summed E-state index contributed by atoms with van der Waals surface area (Å²) >= 11 is 0. The number of carbonyl (C=O) groups is 2. The largest absolute Gasteiger partial charge is 0.466 e. The molecule has 0 radical (unpaired) electrons. The van der Waals surface area contributed by atoms with Gasteiger partial charge in [-0.3, -0.25) is 4.79 Å². The number of rotatable bonds is 13. The van der Waals surface area contributed by atoms with E-state index >= 15 is 0 Å².